The first kappa shape index (κ1) is 20.1. The molecule has 0 radical (unpaired) electrons. The van der Waals surface area contributed by atoms with Gasteiger partial charge in [-0.25, -0.2) is 0 Å². The van der Waals surface area contributed by atoms with Gasteiger partial charge in [0.2, 0.25) is 0 Å². The van der Waals surface area contributed by atoms with E-state index in [1.807, 2.05) is 66.7 Å². The lowest BCUT2D eigenvalue weighted by molar-refractivity contribution is 0.104. The molecule has 3 aromatic rings. The molecule has 0 bridgehead atoms. The third-order valence-electron chi connectivity index (χ3n) is 3.46. The quantitative estimate of drug-likeness (QED) is 0.307. The van der Waals surface area contributed by atoms with Crippen LogP contribution >= 0.6 is 0 Å². The molecule has 3 aromatic carbocycles. The van der Waals surface area contributed by atoms with Gasteiger partial charge >= 0.3 is 0 Å². The number of allylic oxidation sites excluding steroid dienone is 1. The fourth-order valence-electron chi connectivity index (χ4n) is 2.07. The van der Waals surface area contributed by atoms with Gasteiger partial charge in [-0.3, -0.25) is 9.35 Å². The van der Waals surface area contributed by atoms with Gasteiger partial charge in [0.25, 0.3) is 10.1 Å². The van der Waals surface area contributed by atoms with E-state index in [2.05, 4.69) is 0 Å². The second-order valence-electron chi connectivity index (χ2n) is 5.52. The molecule has 0 aromatic heterocycles. The average molecular weight is 381 g/mol. The van der Waals surface area contributed by atoms with E-state index in [4.69, 9.17) is 10.3 Å². The highest BCUT2D eigenvalue weighted by Gasteiger charge is 2.07. The number of nitrogens with two attached hydrogens (primary N) is 1. The standard InChI is InChI=1S/C15H12O.C6H7NO3S/c16-15(14-9-5-2-6-10-14)12-11-13-7-3-1-4-8-13;7-5-1-3-6(4-2-5)11(8,9)10/h1-12H;1-4H,7H2,(H,8,9,10). The molecule has 27 heavy (non-hydrogen) atoms. The van der Waals surface area contributed by atoms with Crippen LogP contribution in [0.15, 0.2) is 95.9 Å². The van der Waals surface area contributed by atoms with Gasteiger partial charge in [-0.05, 0) is 35.9 Å². The number of carbonyl (C=O) groups excluding carboxylic acids is 1. The van der Waals surface area contributed by atoms with Gasteiger partial charge in [0.05, 0.1) is 4.90 Å². The molecule has 6 heteroatoms. The lowest BCUT2D eigenvalue weighted by Crippen LogP contribution is -1.97. The van der Waals surface area contributed by atoms with Gasteiger partial charge in [-0.15, -0.1) is 0 Å². The van der Waals surface area contributed by atoms with Crippen LogP contribution in [0.1, 0.15) is 15.9 Å². The summed E-state index contributed by atoms with van der Waals surface area (Å²) in [6.07, 6.45) is 3.43. The molecule has 0 aliphatic rings. The Balaban J connectivity index is 0.000000208. The molecule has 0 aliphatic heterocycles. The van der Waals surface area contributed by atoms with Gasteiger partial charge < -0.3 is 5.73 Å². The van der Waals surface area contributed by atoms with Crippen molar-refractivity contribution in [2.24, 2.45) is 0 Å². The molecule has 0 spiro atoms. The minimum absolute atomic E-state index is 0.0319. The van der Waals surface area contributed by atoms with Crippen molar-refractivity contribution in [1.82, 2.24) is 0 Å². The molecule has 0 saturated heterocycles. The minimum atomic E-state index is -4.08. The van der Waals surface area contributed by atoms with Crippen molar-refractivity contribution in [2.75, 3.05) is 5.73 Å². The summed E-state index contributed by atoms with van der Waals surface area (Å²) in [4.78, 5) is 11.6. The minimum Gasteiger partial charge on any atom is -0.399 e. The van der Waals surface area contributed by atoms with E-state index < -0.39 is 10.1 Å². The van der Waals surface area contributed by atoms with Gasteiger partial charge in [-0.2, -0.15) is 8.42 Å². The molecule has 5 nitrogen and oxygen atoms in total. The normalized spacial score (nSPS) is 10.9. The molecule has 0 amide bonds. The van der Waals surface area contributed by atoms with Crippen molar-refractivity contribution in [3.63, 3.8) is 0 Å². The van der Waals surface area contributed by atoms with Crippen molar-refractivity contribution in [2.45, 2.75) is 4.90 Å². The molecule has 138 valence electrons. The van der Waals surface area contributed by atoms with Crippen LogP contribution in [0, 0.1) is 0 Å². The third kappa shape index (κ3) is 6.89. The Bertz CT molecular complexity index is 997. The van der Waals surface area contributed by atoms with Crippen LogP contribution in [0.25, 0.3) is 6.08 Å². The SMILES string of the molecule is Nc1ccc(S(=O)(=O)O)cc1.O=C(C=Cc1ccccc1)c1ccccc1. The first-order chi connectivity index (χ1) is 12.9. The molecule has 3 rings (SSSR count). The lowest BCUT2D eigenvalue weighted by atomic mass is 10.1. The number of carbonyl (C=O) groups is 1. The fraction of sp³-hybridized carbons (Fsp3) is 0. The monoisotopic (exact) mass is 381 g/mol. The van der Waals surface area contributed by atoms with Crippen LogP contribution in [0.4, 0.5) is 5.69 Å². The van der Waals surface area contributed by atoms with Crippen molar-refractivity contribution in [3.05, 3.63) is 102 Å². The molecule has 0 heterocycles. The Morgan fingerprint density at radius 3 is 1.85 bits per heavy atom. The maximum absolute atomic E-state index is 11.7. The molecule has 0 atom stereocenters. The van der Waals surface area contributed by atoms with Crippen LogP contribution in [0.3, 0.4) is 0 Å². The highest BCUT2D eigenvalue weighted by molar-refractivity contribution is 7.85. The van der Waals surface area contributed by atoms with Gasteiger partial charge in [-0.1, -0.05) is 66.7 Å². The summed E-state index contributed by atoms with van der Waals surface area (Å²) in [7, 11) is -4.08. The van der Waals surface area contributed by atoms with Gasteiger partial charge in [0, 0.05) is 11.3 Å². The Labute approximate surface area is 158 Å². The summed E-state index contributed by atoms with van der Waals surface area (Å²) in [6, 6.07) is 24.3. The van der Waals surface area contributed by atoms with Gasteiger partial charge in [0.1, 0.15) is 0 Å². The Hall–Kier alpha value is -3.22. The topological polar surface area (TPSA) is 97.5 Å². The Kier molecular flexibility index (Phi) is 7.05. The smallest absolute Gasteiger partial charge is 0.294 e. The zero-order chi connectivity index (χ0) is 19.7. The van der Waals surface area contributed by atoms with Crippen LogP contribution < -0.4 is 5.73 Å². The second kappa shape index (κ2) is 9.47. The number of nitrogen functional groups attached to an aromatic ring is 1. The summed E-state index contributed by atoms with van der Waals surface area (Å²) in [6.45, 7) is 0. The first-order valence-electron chi connectivity index (χ1n) is 8.02. The Morgan fingerprint density at radius 2 is 1.33 bits per heavy atom. The average Bonchev–Trinajstić information content (AvgIpc) is 2.68. The fourth-order valence-corrected chi connectivity index (χ4v) is 2.55. The van der Waals surface area contributed by atoms with Crippen LogP contribution in [0.5, 0.6) is 0 Å². The number of hydrogen-bond donors (Lipinski definition) is 2. The third-order valence-corrected chi connectivity index (χ3v) is 4.33. The first-order valence-corrected chi connectivity index (χ1v) is 9.46. The molecule has 3 N–H and O–H groups in total. The summed E-state index contributed by atoms with van der Waals surface area (Å²) >= 11 is 0. The second-order valence-corrected chi connectivity index (χ2v) is 6.94. The maximum atomic E-state index is 11.7. The molecular weight excluding hydrogens is 362 g/mol. The van der Waals surface area contributed by atoms with Crippen molar-refractivity contribution < 1.29 is 17.8 Å². The van der Waals surface area contributed by atoms with E-state index in [-0.39, 0.29) is 10.7 Å². The van der Waals surface area contributed by atoms with E-state index in [9.17, 15) is 13.2 Å². The summed E-state index contributed by atoms with van der Waals surface area (Å²) in [5, 5.41) is 0. The number of benzene rings is 3. The van der Waals surface area contributed by atoms with Gasteiger partial charge in [0.15, 0.2) is 5.78 Å². The van der Waals surface area contributed by atoms with Crippen LogP contribution in [-0.4, -0.2) is 18.8 Å². The maximum Gasteiger partial charge on any atom is 0.294 e. The van der Waals surface area contributed by atoms with Crippen molar-refractivity contribution in [1.29, 1.82) is 0 Å². The summed E-state index contributed by atoms with van der Waals surface area (Å²) in [5.41, 5.74) is 7.50. The predicted molar refractivity (Wildman–Crippen MR) is 107 cm³/mol. The Morgan fingerprint density at radius 1 is 0.815 bits per heavy atom. The molecule has 0 aliphatic carbocycles. The lowest BCUT2D eigenvalue weighted by Gasteiger charge is -1.95. The number of anilines is 1. The van der Waals surface area contributed by atoms with E-state index in [1.165, 1.54) is 24.3 Å². The number of hydrogen-bond acceptors (Lipinski definition) is 4. The highest BCUT2D eigenvalue weighted by Crippen LogP contribution is 2.10. The van der Waals surface area contributed by atoms with Crippen LogP contribution in [0.2, 0.25) is 0 Å². The van der Waals surface area contributed by atoms with E-state index in [0.717, 1.165) is 11.1 Å². The molecule has 0 fully saturated rings. The van der Waals surface area contributed by atoms with Crippen molar-refractivity contribution in [3.8, 4) is 0 Å². The van der Waals surface area contributed by atoms with Crippen molar-refractivity contribution >= 4 is 27.7 Å². The van der Waals surface area contributed by atoms with E-state index in [0.29, 0.717) is 5.69 Å². The van der Waals surface area contributed by atoms with Crippen LogP contribution in [-0.2, 0) is 10.1 Å². The van der Waals surface area contributed by atoms with E-state index >= 15 is 0 Å². The zero-order valence-corrected chi connectivity index (χ0v) is 15.2. The summed E-state index contributed by atoms with van der Waals surface area (Å²) < 4.78 is 29.4. The number of rotatable bonds is 4. The number of ketones is 1. The van der Waals surface area contributed by atoms with E-state index in [1.54, 1.807) is 6.08 Å². The molecule has 0 unspecified atom stereocenters. The largest absolute Gasteiger partial charge is 0.399 e. The highest BCUT2D eigenvalue weighted by atomic mass is 32.2. The predicted octanol–water partition coefficient (Wildman–Crippen LogP) is 4.10. The molecule has 0 saturated carbocycles. The zero-order valence-electron chi connectivity index (χ0n) is 14.4. The molecular formula is C21H19NO4S. The summed E-state index contributed by atoms with van der Waals surface area (Å²) in [5.74, 6) is 0.0319.